The summed E-state index contributed by atoms with van der Waals surface area (Å²) in [6.45, 7) is 0. The Balaban J connectivity index is 1.85. The molecule has 144 valence electrons. The lowest BCUT2D eigenvalue weighted by Gasteiger charge is -2.08. The van der Waals surface area contributed by atoms with E-state index >= 15 is 0 Å². The summed E-state index contributed by atoms with van der Waals surface area (Å²) in [6.07, 6.45) is 1.28. The number of rotatable bonds is 6. The number of hydrogen-bond acceptors (Lipinski definition) is 6. The molecule has 0 saturated heterocycles. The Labute approximate surface area is 160 Å². The minimum Gasteiger partial charge on any atom is -0.496 e. The number of amides is 1. The molecule has 1 aromatic heterocycles. The van der Waals surface area contributed by atoms with Crippen molar-refractivity contribution in [2.24, 2.45) is 12.1 Å². The van der Waals surface area contributed by atoms with Crippen molar-refractivity contribution in [3.63, 3.8) is 0 Å². The smallest absolute Gasteiger partial charge is 0.311 e. The van der Waals surface area contributed by atoms with Gasteiger partial charge in [-0.3, -0.25) is 14.9 Å². The SMILES string of the molecule is COc1cc(OC)c([N+](=O)[O-])cc1/C=N/NC(=O)c1cc2ccccc2n1C. The maximum Gasteiger partial charge on any atom is 0.311 e. The van der Waals surface area contributed by atoms with E-state index in [1.807, 2.05) is 24.3 Å². The van der Waals surface area contributed by atoms with Gasteiger partial charge in [-0.25, -0.2) is 5.43 Å². The Morgan fingerprint density at radius 3 is 2.54 bits per heavy atom. The average Bonchev–Trinajstić information content (AvgIpc) is 3.04. The molecule has 9 heteroatoms. The Bertz CT molecular complexity index is 1090. The molecule has 0 spiro atoms. The van der Waals surface area contributed by atoms with Crippen molar-refractivity contribution < 1.29 is 19.2 Å². The van der Waals surface area contributed by atoms with Crippen LogP contribution in [0.3, 0.4) is 0 Å². The Morgan fingerprint density at radius 2 is 1.89 bits per heavy atom. The molecular weight excluding hydrogens is 364 g/mol. The first kappa shape index (κ1) is 18.9. The Kier molecular flexibility index (Phi) is 5.25. The number of nitro benzene ring substituents is 1. The maximum atomic E-state index is 12.5. The number of aromatic nitrogens is 1. The fourth-order valence-corrected chi connectivity index (χ4v) is 2.87. The van der Waals surface area contributed by atoms with Gasteiger partial charge in [-0.2, -0.15) is 5.10 Å². The van der Waals surface area contributed by atoms with Gasteiger partial charge < -0.3 is 14.0 Å². The molecule has 2 aromatic carbocycles. The van der Waals surface area contributed by atoms with Gasteiger partial charge in [0, 0.05) is 35.6 Å². The maximum absolute atomic E-state index is 12.5. The van der Waals surface area contributed by atoms with Crippen LogP contribution in [0.2, 0.25) is 0 Å². The van der Waals surface area contributed by atoms with Gasteiger partial charge in [-0.05, 0) is 12.1 Å². The molecule has 1 heterocycles. The van der Waals surface area contributed by atoms with Gasteiger partial charge in [0.15, 0.2) is 0 Å². The number of methoxy groups -OCH3 is 2. The summed E-state index contributed by atoms with van der Waals surface area (Å²) in [7, 11) is 4.54. The van der Waals surface area contributed by atoms with Crippen molar-refractivity contribution in [1.29, 1.82) is 0 Å². The average molecular weight is 382 g/mol. The minimum absolute atomic E-state index is 0.0681. The van der Waals surface area contributed by atoms with Crippen LogP contribution in [0, 0.1) is 10.1 Å². The molecule has 0 atom stereocenters. The van der Waals surface area contributed by atoms with Crippen LogP contribution in [0.1, 0.15) is 16.1 Å². The van der Waals surface area contributed by atoms with Crippen LogP contribution in [0.4, 0.5) is 5.69 Å². The predicted octanol–water partition coefficient (Wildman–Crippen LogP) is 2.87. The number of aryl methyl sites for hydroxylation is 1. The highest BCUT2D eigenvalue weighted by Gasteiger charge is 2.19. The van der Waals surface area contributed by atoms with E-state index in [2.05, 4.69) is 10.5 Å². The molecule has 0 aliphatic heterocycles. The van der Waals surface area contributed by atoms with Crippen LogP contribution in [0.5, 0.6) is 11.5 Å². The molecule has 3 aromatic rings. The fraction of sp³-hybridized carbons (Fsp3) is 0.158. The number of nitrogens with one attached hydrogen (secondary N) is 1. The van der Waals surface area contributed by atoms with Gasteiger partial charge in [-0.1, -0.05) is 18.2 Å². The second-order valence-corrected chi connectivity index (χ2v) is 5.87. The zero-order valence-electron chi connectivity index (χ0n) is 15.5. The zero-order chi connectivity index (χ0) is 20.3. The number of ether oxygens (including phenoxy) is 2. The highest BCUT2D eigenvalue weighted by atomic mass is 16.6. The van der Waals surface area contributed by atoms with Gasteiger partial charge >= 0.3 is 5.69 Å². The normalized spacial score (nSPS) is 11.0. The third-order valence-corrected chi connectivity index (χ3v) is 4.28. The van der Waals surface area contributed by atoms with E-state index in [1.165, 1.54) is 32.6 Å². The highest BCUT2D eigenvalue weighted by molar-refractivity contribution is 5.99. The van der Waals surface area contributed by atoms with Gasteiger partial charge in [0.1, 0.15) is 11.4 Å². The van der Waals surface area contributed by atoms with E-state index in [-0.39, 0.29) is 11.4 Å². The zero-order valence-corrected chi connectivity index (χ0v) is 15.5. The van der Waals surface area contributed by atoms with Crippen molar-refractivity contribution in [2.75, 3.05) is 14.2 Å². The number of para-hydroxylation sites is 1. The topological polar surface area (TPSA) is 108 Å². The van der Waals surface area contributed by atoms with E-state index < -0.39 is 10.8 Å². The van der Waals surface area contributed by atoms with Gasteiger partial charge in [0.05, 0.1) is 25.4 Å². The van der Waals surface area contributed by atoms with E-state index in [1.54, 1.807) is 17.7 Å². The molecule has 0 saturated carbocycles. The summed E-state index contributed by atoms with van der Waals surface area (Å²) >= 11 is 0. The van der Waals surface area contributed by atoms with Crippen molar-refractivity contribution in [2.45, 2.75) is 0 Å². The van der Waals surface area contributed by atoms with Crippen LogP contribution in [0.25, 0.3) is 10.9 Å². The molecule has 1 N–H and O–H groups in total. The molecule has 0 aliphatic rings. The first-order valence-electron chi connectivity index (χ1n) is 8.24. The molecule has 9 nitrogen and oxygen atoms in total. The number of hydrogen-bond donors (Lipinski definition) is 1. The standard InChI is InChI=1S/C19H18N4O5/c1-22-14-7-5-4-6-12(14)8-16(22)19(24)21-20-11-13-9-15(23(25)26)18(28-3)10-17(13)27-2/h4-11H,1-3H3,(H,21,24)/b20-11+. The van der Waals surface area contributed by atoms with Crippen molar-refractivity contribution in [3.05, 3.63) is 63.8 Å². The Hall–Kier alpha value is -3.88. The third kappa shape index (κ3) is 3.50. The molecule has 3 rings (SSSR count). The van der Waals surface area contributed by atoms with Crippen LogP contribution in [-0.4, -0.2) is 35.8 Å². The van der Waals surface area contributed by atoms with Gasteiger partial charge in [-0.15, -0.1) is 0 Å². The van der Waals surface area contributed by atoms with Crippen molar-refractivity contribution >= 4 is 28.7 Å². The minimum atomic E-state index is -0.566. The van der Waals surface area contributed by atoms with Crippen LogP contribution in [0.15, 0.2) is 47.6 Å². The molecule has 1 amide bonds. The number of nitrogens with zero attached hydrogens (tertiary/aromatic N) is 3. The number of fused-ring (bicyclic) bond motifs is 1. The summed E-state index contributed by atoms with van der Waals surface area (Å²) in [5.41, 5.74) is 3.88. The van der Waals surface area contributed by atoms with E-state index in [9.17, 15) is 14.9 Å². The second-order valence-electron chi connectivity index (χ2n) is 5.87. The monoisotopic (exact) mass is 382 g/mol. The number of nitro groups is 1. The van der Waals surface area contributed by atoms with E-state index in [0.717, 1.165) is 10.9 Å². The molecule has 0 aliphatic carbocycles. The molecule has 0 radical (unpaired) electrons. The van der Waals surface area contributed by atoms with Crippen LogP contribution < -0.4 is 14.9 Å². The number of carbonyl (C=O) groups excluding carboxylic acids is 1. The van der Waals surface area contributed by atoms with Crippen molar-refractivity contribution in [3.8, 4) is 11.5 Å². The number of carbonyl (C=O) groups is 1. The lowest BCUT2D eigenvalue weighted by molar-refractivity contribution is -0.385. The van der Waals surface area contributed by atoms with E-state index in [0.29, 0.717) is 17.0 Å². The summed E-state index contributed by atoms with van der Waals surface area (Å²) in [5, 5.41) is 16.0. The highest BCUT2D eigenvalue weighted by Crippen LogP contribution is 2.33. The largest absolute Gasteiger partial charge is 0.496 e. The molecule has 0 bridgehead atoms. The quantitative estimate of drug-likeness (QED) is 0.401. The van der Waals surface area contributed by atoms with Crippen LogP contribution >= 0.6 is 0 Å². The first-order chi connectivity index (χ1) is 13.5. The van der Waals surface area contributed by atoms with Gasteiger partial charge in [0.2, 0.25) is 5.75 Å². The lowest BCUT2D eigenvalue weighted by Crippen LogP contribution is -2.20. The number of benzene rings is 2. The molecule has 28 heavy (non-hydrogen) atoms. The summed E-state index contributed by atoms with van der Waals surface area (Å²) in [5.74, 6) is -0.0134. The fourth-order valence-electron chi connectivity index (χ4n) is 2.87. The number of hydrazone groups is 1. The molecular formula is C19H18N4O5. The lowest BCUT2D eigenvalue weighted by atomic mass is 10.1. The van der Waals surface area contributed by atoms with E-state index in [4.69, 9.17) is 9.47 Å². The molecule has 0 unspecified atom stereocenters. The third-order valence-electron chi connectivity index (χ3n) is 4.28. The predicted molar refractivity (Wildman–Crippen MR) is 104 cm³/mol. The summed E-state index contributed by atoms with van der Waals surface area (Å²) in [4.78, 5) is 23.1. The molecule has 0 fully saturated rings. The summed E-state index contributed by atoms with van der Waals surface area (Å²) < 4.78 is 12.0. The summed E-state index contributed by atoms with van der Waals surface area (Å²) in [6, 6.07) is 12.0. The van der Waals surface area contributed by atoms with Gasteiger partial charge in [0.25, 0.3) is 5.91 Å². The Morgan fingerprint density at radius 1 is 1.18 bits per heavy atom. The van der Waals surface area contributed by atoms with Crippen molar-refractivity contribution in [1.82, 2.24) is 9.99 Å². The second kappa shape index (κ2) is 7.78. The van der Waals surface area contributed by atoms with Crippen LogP contribution in [-0.2, 0) is 7.05 Å². The first-order valence-corrected chi connectivity index (χ1v) is 8.24.